The third kappa shape index (κ3) is 6.18. The highest BCUT2D eigenvalue weighted by molar-refractivity contribution is 7.13. The maximum absolute atomic E-state index is 13.9. The van der Waals surface area contributed by atoms with Gasteiger partial charge in [0.2, 0.25) is 5.91 Å². The van der Waals surface area contributed by atoms with Gasteiger partial charge in [0.15, 0.2) is 0 Å². The Kier molecular flexibility index (Phi) is 9.34. The van der Waals surface area contributed by atoms with E-state index in [0.717, 1.165) is 102 Å². The largest absolute Gasteiger partial charge is 0.488 e. The van der Waals surface area contributed by atoms with E-state index in [9.17, 15) is 9.59 Å². The molecule has 2 saturated heterocycles. The van der Waals surface area contributed by atoms with Crippen LogP contribution in [0.2, 0.25) is 0 Å². The number of nitrogens with one attached hydrogen (secondary N) is 3. The van der Waals surface area contributed by atoms with Gasteiger partial charge in [0, 0.05) is 30.8 Å². The molecule has 2 aromatic heterocycles. The summed E-state index contributed by atoms with van der Waals surface area (Å²) in [5.74, 6) is 2.91. The van der Waals surface area contributed by atoms with Crippen LogP contribution in [-0.4, -0.2) is 81.0 Å². The number of carbonyl (C=O) groups excluding carboxylic acids is 2. The highest BCUT2D eigenvalue weighted by Gasteiger charge is 2.42. The number of carbonyl (C=O) groups is 2. The Labute approximate surface area is 306 Å². The molecule has 8 rings (SSSR count). The molecule has 12 nitrogen and oxygen atoms in total. The van der Waals surface area contributed by atoms with Gasteiger partial charge in [-0.1, -0.05) is 35.4 Å². The van der Waals surface area contributed by atoms with Gasteiger partial charge in [0.1, 0.15) is 30.0 Å². The SMILES string of the molecule is COC[C@H]1C[C@@H](c2ncc(-c3ccc4c(c3)COc3cc5c(cc3-4)CCc3nc([C@@H]4CC[C@H](C)N4C(=O)C(NC(=O)OC)C(C)C)[nH]c3-5)[nH]2)N(P)C1. The summed E-state index contributed by atoms with van der Waals surface area (Å²) in [6, 6.07) is 10.4. The van der Waals surface area contributed by atoms with Crippen molar-refractivity contribution in [1.82, 2.24) is 34.8 Å². The first-order valence-electron chi connectivity index (χ1n) is 18.4. The van der Waals surface area contributed by atoms with Gasteiger partial charge in [-0.2, -0.15) is 0 Å². The number of hydrogen-bond acceptors (Lipinski definition) is 8. The van der Waals surface area contributed by atoms with Crippen molar-refractivity contribution in [1.29, 1.82) is 0 Å². The zero-order valence-electron chi connectivity index (χ0n) is 30.5. The number of alkyl carbamates (subject to hydrolysis) is 1. The Balaban J connectivity index is 1.04. The lowest BCUT2D eigenvalue weighted by molar-refractivity contribution is -0.137. The monoisotopic (exact) mass is 725 g/mol. The van der Waals surface area contributed by atoms with Gasteiger partial charge in [-0.05, 0) is 91.3 Å². The lowest BCUT2D eigenvalue weighted by Gasteiger charge is -2.32. The van der Waals surface area contributed by atoms with Crippen LogP contribution in [0.15, 0.2) is 36.5 Å². The fourth-order valence-electron chi connectivity index (χ4n) is 8.65. The van der Waals surface area contributed by atoms with Crippen molar-refractivity contribution in [3.63, 3.8) is 0 Å². The lowest BCUT2D eigenvalue weighted by Crippen LogP contribution is -2.52. The smallest absolute Gasteiger partial charge is 0.407 e. The minimum absolute atomic E-state index is 0.0193. The predicted molar refractivity (Wildman–Crippen MR) is 200 cm³/mol. The van der Waals surface area contributed by atoms with Crippen molar-refractivity contribution in [2.75, 3.05) is 27.4 Å². The van der Waals surface area contributed by atoms with Crippen LogP contribution in [0.25, 0.3) is 33.6 Å². The summed E-state index contributed by atoms with van der Waals surface area (Å²) in [4.78, 5) is 45.0. The minimum atomic E-state index is -0.687. The number of aromatic amines is 2. The van der Waals surface area contributed by atoms with E-state index in [1.165, 1.54) is 18.2 Å². The minimum Gasteiger partial charge on any atom is -0.488 e. The first kappa shape index (κ1) is 34.8. The highest BCUT2D eigenvalue weighted by Crippen LogP contribution is 2.46. The second-order valence-electron chi connectivity index (χ2n) is 15.1. The third-order valence-corrected chi connectivity index (χ3v) is 11.9. The van der Waals surface area contributed by atoms with Gasteiger partial charge < -0.3 is 34.4 Å². The number of aromatic nitrogens is 4. The molecule has 2 aromatic carbocycles. The van der Waals surface area contributed by atoms with E-state index in [1.54, 1.807) is 7.11 Å². The second kappa shape index (κ2) is 14.0. The van der Waals surface area contributed by atoms with Crippen LogP contribution in [0.3, 0.4) is 0 Å². The van der Waals surface area contributed by atoms with Gasteiger partial charge in [0.25, 0.3) is 0 Å². The number of rotatable bonds is 8. The van der Waals surface area contributed by atoms with Gasteiger partial charge in [-0.15, -0.1) is 0 Å². The van der Waals surface area contributed by atoms with Gasteiger partial charge in [-0.25, -0.2) is 14.8 Å². The van der Waals surface area contributed by atoms with E-state index in [-0.39, 0.29) is 30.0 Å². The first-order chi connectivity index (χ1) is 25.1. The van der Waals surface area contributed by atoms with Crippen LogP contribution < -0.4 is 10.1 Å². The Morgan fingerprint density at radius 3 is 2.67 bits per heavy atom. The molecule has 0 spiro atoms. The molecule has 6 atom stereocenters. The van der Waals surface area contributed by atoms with Crippen molar-refractivity contribution in [2.24, 2.45) is 11.8 Å². The Hall–Kier alpha value is -4.25. The number of fused-ring (bicyclic) bond motifs is 6. The van der Waals surface area contributed by atoms with Crippen LogP contribution in [-0.2, 0) is 33.7 Å². The Bertz CT molecular complexity index is 2010. The molecule has 0 saturated carbocycles. The van der Waals surface area contributed by atoms with Crippen molar-refractivity contribution in [3.05, 3.63) is 65.0 Å². The Morgan fingerprint density at radius 2 is 1.88 bits per heavy atom. The van der Waals surface area contributed by atoms with Crippen LogP contribution in [0.5, 0.6) is 5.75 Å². The molecule has 13 heteroatoms. The summed E-state index contributed by atoms with van der Waals surface area (Å²) < 4.78 is 18.9. The highest BCUT2D eigenvalue weighted by atomic mass is 31.0. The average molecular weight is 726 g/mol. The van der Waals surface area contributed by atoms with Crippen molar-refractivity contribution < 1.29 is 23.8 Å². The molecule has 2 fully saturated rings. The van der Waals surface area contributed by atoms with E-state index >= 15 is 0 Å². The molecule has 4 aliphatic rings. The number of methoxy groups -OCH3 is 2. The zero-order valence-corrected chi connectivity index (χ0v) is 31.6. The number of aryl methyl sites for hydroxylation is 2. The summed E-state index contributed by atoms with van der Waals surface area (Å²) in [6.45, 7) is 8.13. The normalized spacial score (nSPS) is 22.7. The molecule has 0 bridgehead atoms. The molecule has 2 amide bonds. The zero-order chi connectivity index (χ0) is 36.3. The molecule has 274 valence electrons. The third-order valence-electron chi connectivity index (χ3n) is 11.4. The summed E-state index contributed by atoms with van der Waals surface area (Å²) in [5.41, 5.74) is 9.90. The second-order valence-corrected chi connectivity index (χ2v) is 15.8. The van der Waals surface area contributed by atoms with Gasteiger partial charge in [-0.3, -0.25) is 9.46 Å². The molecule has 5 heterocycles. The predicted octanol–water partition coefficient (Wildman–Crippen LogP) is 6.36. The number of likely N-dealkylation sites (tertiary alicyclic amines) is 1. The summed E-state index contributed by atoms with van der Waals surface area (Å²) in [7, 11) is 5.93. The molecule has 3 aliphatic heterocycles. The molecular formula is C39H48N7O5P. The van der Waals surface area contributed by atoms with Crippen LogP contribution >= 0.6 is 9.39 Å². The molecule has 3 N–H and O–H groups in total. The summed E-state index contributed by atoms with van der Waals surface area (Å²) in [6.07, 6.45) is 5.67. The molecule has 0 radical (unpaired) electrons. The van der Waals surface area contributed by atoms with Gasteiger partial charge >= 0.3 is 6.09 Å². The number of ether oxygens (including phenoxy) is 3. The maximum atomic E-state index is 13.9. The van der Waals surface area contributed by atoms with Crippen molar-refractivity contribution in [3.8, 4) is 39.4 Å². The van der Waals surface area contributed by atoms with E-state index in [0.29, 0.717) is 12.5 Å². The van der Waals surface area contributed by atoms with Crippen LogP contribution in [0.4, 0.5) is 4.79 Å². The quantitative estimate of drug-likeness (QED) is 0.179. The fourth-order valence-corrected chi connectivity index (χ4v) is 9.21. The molecule has 2 unspecified atom stereocenters. The number of H-pyrrole nitrogens is 2. The van der Waals surface area contributed by atoms with Crippen LogP contribution in [0, 0.1) is 11.8 Å². The molecular weight excluding hydrogens is 677 g/mol. The standard InChI is InChI=1S/C39H48N7O5P/c1-20(2)34(44-39(48)50-5)38(47)46-21(3)6-11-31(46)37-41-29-10-8-23-14-28-26-9-7-24(13-25(26)19-51-33(28)15-27(23)35(29)43-37)30-16-40-36(42-30)32-12-22(18-49-4)17-45(32)52/h7,9,13-16,20-22,31-32,34H,6,8,10-12,17-19,52H2,1-5H3,(H,40,42)(H,41,43)(H,44,48)/t21-,22-,31-,32-,34?/m0/s1. The summed E-state index contributed by atoms with van der Waals surface area (Å²) >= 11 is 0. The van der Waals surface area contributed by atoms with Crippen molar-refractivity contribution >= 4 is 21.4 Å². The maximum Gasteiger partial charge on any atom is 0.407 e. The van der Waals surface area contributed by atoms with Crippen molar-refractivity contribution in [2.45, 2.75) is 83.6 Å². The average Bonchev–Trinajstić information content (AvgIpc) is 3.95. The number of nitrogens with zero attached hydrogens (tertiary/aromatic N) is 4. The molecule has 4 aromatic rings. The first-order valence-corrected chi connectivity index (χ1v) is 18.9. The summed E-state index contributed by atoms with van der Waals surface area (Å²) in [5, 5.41) is 2.76. The van der Waals surface area contributed by atoms with Crippen LogP contribution in [0.1, 0.15) is 80.6 Å². The fraction of sp³-hybridized carbons (Fsp3) is 0.487. The molecule has 1 aliphatic carbocycles. The molecule has 52 heavy (non-hydrogen) atoms. The van der Waals surface area contributed by atoms with E-state index in [1.807, 2.05) is 24.9 Å². The number of imidazole rings is 2. The van der Waals surface area contributed by atoms with E-state index in [2.05, 4.69) is 66.6 Å². The van der Waals surface area contributed by atoms with E-state index < -0.39 is 12.1 Å². The van der Waals surface area contributed by atoms with E-state index in [4.69, 9.17) is 24.2 Å². The Morgan fingerprint density at radius 1 is 1.04 bits per heavy atom. The number of hydrogen-bond donors (Lipinski definition) is 3. The number of amides is 2. The topological polar surface area (TPSA) is 138 Å². The van der Waals surface area contributed by atoms with Gasteiger partial charge in [0.05, 0.1) is 49.1 Å². The lowest BCUT2D eigenvalue weighted by atomic mass is 9.86. The number of benzene rings is 2.